The van der Waals surface area contributed by atoms with Crippen molar-refractivity contribution in [1.29, 1.82) is 0 Å². The number of nitrogens with two attached hydrogens (primary N) is 2. The lowest BCUT2D eigenvalue weighted by atomic mass is 9.76. The summed E-state index contributed by atoms with van der Waals surface area (Å²) in [5.74, 6) is 1.31. The maximum atomic E-state index is 5.84. The minimum atomic E-state index is 0.355. The fourth-order valence-corrected chi connectivity index (χ4v) is 3.34. The van der Waals surface area contributed by atoms with E-state index in [0.29, 0.717) is 11.3 Å². The SMILES string of the molecule is CCCC(C)C(C)(C)C[N+](C)(CCN)CC(C)CN. The molecule has 4 N–H and O–H groups in total. The minimum absolute atomic E-state index is 0.355. The predicted molar refractivity (Wildman–Crippen MR) is 85.9 cm³/mol. The molecule has 3 atom stereocenters. The second kappa shape index (κ2) is 8.23. The summed E-state index contributed by atoms with van der Waals surface area (Å²) >= 11 is 0. The molecular weight excluding hydrogens is 234 g/mol. The second-order valence-electron chi connectivity index (χ2n) is 7.49. The third-order valence-electron chi connectivity index (χ3n) is 4.67. The van der Waals surface area contributed by atoms with Crippen LogP contribution in [0, 0.1) is 17.3 Å². The van der Waals surface area contributed by atoms with Gasteiger partial charge in [-0.25, -0.2) is 0 Å². The Morgan fingerprint density at radius 1 is 1.16 bits per heavy atom. The summed E-state index contributed by atoms with van der Waals surface area (Å²) in [7, 11) is 2.35. The Morgan fingerprint density at radius 3 is 2.16 bits per heavy atom. The number of quaternary nitrogens is 1. The molecule has 0 radical (unpaired) electrons. The van der Waals surface area contributed by atoms with Crippen molar-refractivity contribution in [3.05, 3.63) is 0 Å². The van der Waals surface area contributed by atoms with E-state index in [9.17, 15) is 0 Å². The quantitative estimate of drug-likeness (QED) is 0.600. The Morgan fingerprint density at radius 2 is 1.74 bits per heavy atom. The number of hydrogen-bond acceptors (Lipinski definition) is 2. The highest BCUT2D eigenvalue weighted by molar-refractivity contribution is 4.75. The van der Waals surface area contributed by atoms with Crippen LogP contribution in [0.2, 0.25) is 0 Å². The second-order valence-corrected chi connectivity index (χ2v) is 7.49. The summed E-state index contributed by atoms with van der Waals surface area (Å²) < 4.78 is 1.05. The van der Waals surface area contributed by atoms with Crippen LogP contribution >= 0.6 is 0 Å². The van der Waals surface area contributed by atoms with Gasteiger partial charge in [-0.1, -0.05) is 47.5 Å². The van der Waals surface area contributed by atoms with E-state index in [2.05, 4.69) is 41.7 Å². The van der Waals surface area contributed by atoms with Crippen LogP contribution in [-0.2, 0) is 0 Å². The third kappa shape index (κ3) is 6.73. The third-order valence-corrected chi connectivity index (χ3v) is 4.67. The molecule has 0 aliphatic heterocycles. The normalized spacial score (nSPS) is 18.9. The van der Waals surface area contributed by atoms with Crippen LogP contribution in [-0.4, -0.2) is 44.3 Å². The first-order valence-corrected chi connectivity index (χ1v) is 7.94. The lowest BCUT2D eigenvalue weighted by Crippen LogP contribution is -2.55. The lowest BCUT2D eigenvalue weighted by Gasteiger charge is -2.44. The van der Waals surface area contributed by atoms with Gasteiger partial charge in [0.2, 0.25) is 0 Å². The molecule has 3 heteroatoms. The molecule has 116 valence electrons. The summed E-state index contributed by atoms with van der Waals surface area (Å²) in [5, 5.41) is 0. The van der Waals surface area contributed by atoms with E-state index in [0.717, 1.165) is 36.6 Å². The average molecular weight is 273 g/mol. The van der Waals surface area contributed by atoms with Crippen molar-refractivity contribution in [2.75, 3.05) is 39.8 Å². The van der Waals surface area contributed by atoms with Crippen molar-refractivity contribution >= 4 is 0 Å². The van der Waals surface area contributed by atoms with E-state index in [1.807, 2.05) is 0 Å². The molecule has 0 heterocycles. The van der Waals surface area contributed by atoms with Crippen molar-refractivity contribution in [2.24, 2.45) is 28.7 Å². The van der Waals surface area contributed by atoms with E-state index >= 15 is 0 Å². The first-order chi connectivity index (χ1) is 8.70. The van der Waals surface area contributed by atoms with Crippen molar-refractivity contribution in [1.82, 2.24) is 0 Å². The highest BCUT2D eigenvalue weighted by atomic mass is 15.3. The Kier molecular flexibility index (Phi) is 8.18. The highest BCUT2D eigenvalue weighted by Gasteiger charge is 2.35. The van der Waals surface area contributed by atoms with Crippen molar-refractivity contribution in [3.8, 4) is 0 Å². The molecule has 0 spiro atoms. The van der Waals surface area contributed by atoms with Crippen LogP contribution in [0.15, 0.2) is 0 Å². The van der Waals surface area contributed by atoms with Gasteiger partial charge in [0.25, 0.3) is 0 Å². The standard InChI is InChI=1S/C16H38N3/c1-7-8-15(3)16(4,5)13-19(6,10-9-17)12-14(2)11-18/h14-15H,7-13,17-18H2,1-6H3/q+1. The monoisotopic (exact) mass is 272 g/mol. The van der Waals surface area contributed by atoms with Gasteiger partial charge in [0, 0.05) is 24.4 Å². The van der Waals surface area contributed by atoms with Gasteiger partial charge in [0.15, 0.2) is 0 Å². The topological polar surface area (TPSA) is 52.0 Å². The molecule has 0 aromatic heterocycles. The van der Waals surface area contributed by atoms with E-state index in [1.165, 1.54) is 19.4 Å². The number of likely N-dealkylation sites (N-methyl/N-ethyl adjacent to an activating group) is 1. The molecule has 0 aromatic carbocycles. The zero-order chi connectivity index (χ0) is 15.1. The van der Waals surface area contributed by atoms with Crippen LogP contribution in [0.5, 0.6) is 0 Å². The Hall–Kier alpha value is -0.120. The molecule has 0 saturated heterocycles. The van der Waals surface area contributed by atoms with Gasteiger partial charge >= 0.3 is 0 Å². The number of rotatable bonds is 10. The molecule has 0 bridgehead atoms. The highest BCUT2D eigenvalue weighted by Crippen LogP contribution is 2.33. The van der Waals surface area contributed by atoms with Gasteiger partial charge in [0.1, 0.15) is 0 Å². The summed E-state index contributed by atoms with van der Waals surface area (Å²) in [6.45, 7) is 16.6. The van der Waals surface area contributed by atoms with Crippen LogP contribution < -0.4 is 11.5 Å². The van der Waals surface area contributed by atoms with E-state index in [1.54, 1.807) is 0 Å². The molecule has 3 nitrogen and oxygen atoms in total. The first kappa shape index (κ1) is 18.9. The summed E-state index contributed by atoms with van der Waals surface area (Å²) in [6.07, 6.45) is 2.58. The van der Waals surface area contributed by atoms with Crippen LogP contribution in [0.4, 0.5) is 0 Å². The fourth-order valence-electron chi connectivity index (χ4n) is 3.34. The maximum absolute atomic E-state index is 5.84. The van der Waals surface area contributed by atoms with Gasteiger partial charge in [0.05, 0.1) is 26.7 Å². The van der Waals surface area contributed by atoms with Crippen LogP contribution in [0.25, 0.3) is 0 Å². The maximum Gasteiger partial charge on any atom is 0.0909 e. The molecular formula is C16H38N3+. The summed E-state index contributed by atoms with van der Waals surface area (Å²) in [6, 6.07) is 0. The zero-order valence-corrected chi connectivity index (χ0v) is 14.2. The fraction of sp³-hybridized carbons (Fsp3) is 1.00. The summed E-state index contributed by atoms with van der Waals surface area (Å²) in [4.78, 5) is 0. The molecule has 0 aliphatic rings. The lowest BCUT2D eigenvalue weighted by molar-refractivity contribution is -0.917. The van der Waals surface area contributed by atoms with Crippen LogP contribution in [0.3, 0.4) is 0 Å². The van der Waals surface area contributed by atoms with Gasteiger partial charge in [-0.2, -0.15) is 0 Å². The van der Waals surface area contributed by atoms with Crippen molar-refractivity contribution in [2.45, 2.75) is 47.5 Å². The Labute approximate surface area is 121 Å². The van der Waals surface area contributed by atoms with Crippen molar-refractivity contribution in [3.63, 3.8) is 0 Å². The Balaban J connectivity index is 4.79. The number of hydrogen-bond donors (Lipinski definition) is 2. The first-order valence-electron chi connectivity index (χ1n) is 7.94. The van der Waals surface area contributed by atoms with Gasteiger partial charge in [-0.3, -0.25) is 0 Å². The molecule has 0 aliphatic carbocycles. The number of nitrogens with zero attached hydrogens (tertiary/aromatic N) is 1. The van der Waals surface area contributed by atoms with E-state index < -0.39 is 0 Å². The average Bonchev–Trinajstić information content (AvgIpc) is 2.28. The minimum Gasteiger partial charge on any atom is -0.330 e. The molecule has 19 heavy (non-hydrogen) atoms. The van der Waals surface area contributed by atoms with E-state index in [4.69, 9.17) is 11.5 Å². The van der Waals surface area contributed by atoms with Gasteiger partial charge in [-0.05, 0) is 5.92 Å². The Bertz CT molecular complexity index is 240. The largest absolute Gasteiger partial charge is 0.330 e. The summed E-state index contributed by atoms with van der Waals surface area (Å²) in [5.41, 5.74) is 12.0. The zero-order valence-electron chi connectivity index (χ0n) is 14.2. The molecule has 0 fully saturated rings. The molecule has 0 aromatic rings. The molecule has 0 rings (SSSR count). The molecule has 0 amide bonds. The van der Waals surface area contributed by atoms with E-state index in [-0.39, 0.29) is 0 Å². The van der Waals surface area contributed by atoms with Crippen molar-refractivity contribution < 1.29 is 4.48 Å². The molecule has 3 unspecified atom stereocenters. The van der Waals surface area contributed by atoms with Gasteiger partial charge < -0.3 is 16.0 Å². The predicted octanol–water partition coefficient (Wildman–Crippen LogP) is 2.45. The van der Waals surface area contributed by atoms with Crippen LogP contribution in [0.1, 0.15) is 47.5 Å². The van der Waals surface area contributed by atoms with Gasteiger partial charge in [-0.15, -0.1) is 0 Å². The smallest absolute Gasteiger partial charge is 0.0909 e. The molecule has 0 saturated carbocycles.